The average molecular weight is 286 g/mol. The maximum absolute atomic E-state index is 11.4. The van der Waals surface area contributed by atoms with Gasteiger partial charge in [0.1, 0.15) is 5.82 Å². The smallest absolute Gasteiger partial charge is 0.239 e. The van der Waals surface area contributed by atoms with Gasteiger partial charge in [-0.25, -0.2) is 4.98 Å². The Kier molecular flexibility index (Phi) is 4.73. The van der Waals surface area contributed by atoms with E-state index in [9.17, 15) is 4.79 Å². The Labute approximate surface area is 104 Å². The predicted molar refractivity (Wildman–Crippen MR) is 68.6 cm³/mol. The molecule has 0 aromatic carbocycles. The van der Waals surface area contributed by atoms with Crippen molar-refractivity contribution in [1.29, 1.82) is 0 Å². The molecule has 1 amide bonds. The summed E-state index contributed by atoms with van der Waals surface area (Å²) < 4.78 is 0.902. The number of halogens is 1. The second-order valence-electron chi connectivity index (χ2n) is 3.63. The summed E-state index contributed by atoms with van der Waals surface area (Å²) in [6.45, 7) is 4.83. The first kappa shape index (κ1) is 13.0. The second kappa shape index (κ2) is 5.84. The van der Waals surface area contributed by atoms with Crippen molar-refractivity contribution in [3.63, 3.8) is 0 Å². The normalized spacial score (nSPS) is 10.0. The summed E-state index contributed by atoms with van der Waals surface area (Å²) in [5, 5.41) is 2.75. The van der Waals surface area contributed by atoms with Crippen molar-refractivity contribution in [1.82, 2.24) is 10.3 Å². The van der Waals surface area contributed by atoms with Crippen LogP contribution in [0.5, 0.6) is 0 Å². The third kappa shape index (κ3) is 3.48. The number of likely N-dealkylation sites (N-methyl/N-ethyl adjacent to an activating group) is 2. The number of rotatable bonds is 4. The van der Waals surface area contributed by atoms with Gasteiger partial charge in [-0.3, -0.25) is 4.79 Å². The minimum Gasteiger partial charge on any atom is -0.355 e. The van der Waals surface area contributed by atoms with Crippen LogP contribution >= 0.6 is 15.9 Å². The predicted octanol–water partition coefficient (Wildman–Crippen LogP) is 1.72. The van der Waals surface area contributed by atoms with Crippen LogP contribution < -0.4 is 10.2 Å². The topological polar surface area (TPSA) is 45.2 Å². The van der Waals surface area contributed by atoms with Crippen LogP contribution in [0.25, 0.3) is 0 Å². The molecular formula is C11H16BrN3O. The molecule has 0 aliphatic carbocycles. The number of amides is 1. The van der Waals surface area contributed by atoms with Crippen molar-refractivity contribution in [2.45, 2.75) is 13.8 Å². The fourth-order valence-corrected chi connectivity index (χ4v) is 2.12. The number of carbonyl (C=O) groups is 1. The van der Waals surface area contributed by atoms with Gasteiger partial charge in [0.15, 0.2) is 0 Å². The lowest BCUT2D eigenvalue weighted by Gasteiger charge is -2.18. The van der Waals surface area contributed by atoms with E-state index in [2.05, 4.69) is 26.2 Å². The third-order valence-corrected chi connectivity index (χ3v) is 2.66. The number of nitrogens with one attached hydrogen (secondary N) is 1. The minimum absolute atomic E-state index is 0.000671. The zero-order chi connectivity index (χ0) is 12.1. The first-order chi connectivity index (χ1) is 7.54. The molecule has 0 spiro atoms. The van der Waals surface area contributed by atoms with Gasteiger partial charge >= 0.3 is 0 Å². The lowest BCUT2D eigenvalue weighted by molar-refractivity contribution is -0.119. The molecule has 0 atom stereocenters. The highest BCUT2D eigenvalue weighted by atomic mass is 79.9. The van der Waals surface area contributed by atoms with Crippen LogP contribution in [-0.4, -0.2) is 31.0 Å². The molecule has 0 radical (unpaired) electrons. The van der Waals surface area contributed by atoms with Crippen LogP contribution in [0.2, 0.25) is 0 Å². The molecule has 1 heterocycles. The van der Waals surface area contributed by atoms with Crippen LogP contribution in [-0.2, 0) is 4.79 Å². The van der Waals surface area contributed by atoms with Crippen molar-refractivity contribution < 1.29 is 4.79 Å². The van der Waals surface area contributed by atoms with Crippen molar-refractivity contribution in [3.05, 3.63) is 22.3 Å². The fourth-order valence-electron chi connectivity index (χ4n) is 1.35. The summed E-state index contributed by atoms with van der Waals surface area (Å²) in [4.78, 5) is 17.5. The largest absolute Gasteiger partial charge is 0.355 e. The molecule has 1 aromatic rings. The summed E-state index contributed by atoms with van der Waals surface area (Å²) in [6.07, 6.45) is 1.79. The number of hydrogen-bond acceptors (Lipinski definition) is 3. The van der Waals surface area contributed by atoms with E-state index in [0.717, 1.165) is 15.9 Å². The molecule has 0 unspecified atom stereocenters. The summed E-state index contributed by atoms with van der Waals surface area (Å²) in [6, 6.07) is 1.98. The summed E-state index contributed by atoms with van der Waals surface area (Å²) >= 11 is 3.44. The molecule has 0 saturated heterocycles. The van der Waals surface area contributed by atoms with Gasteiger partial charge in [-0.2, -0.15) is 0 Å². The summed E-state index contributed by atoms with van der Waals surface area (Å²) in [5.41, 5.74) is 1.09. The molecule has 1 N–H and O–H groups in total. The lowest BCUT2D eigenvalue weighted by Crippen LogP contribution is -2.35. The van der Waals surface area contributed by atoms with E-state index >= 15 is 0 Å². The van der Waals surface area contributed by atoms with Gasteiger partial charge in [-0.15, -0.1) is 0 Å². The Balaban J connectivity index is 2.72. The van der Waals surface area contributed by atoms with Gasteiger partial charge < -0.3 is 10.2 Å². The standard InChI is InChI=1S/C11H16BrN3O/c1-4-13-10(16)7-15(3)11-9(12)5-8(2)6-14-11/h5-6H,4,7H2,1-3H3,(H,13,16). The Bertz CT molecular complexity index is 381. The van der Waals surface area contributed by atoms with Gasteiger partial charge in [0.05, 0.1) is 11.0 Å². The van der Waals surface area contributed by atoms with E-state index in [-0.39, 0.29) is 5.91 Å². The number of pyridine rings is 1. The van der Waals surface area contributed by atoms with Crippen LogP contribution in [0.15, 0.2) is 16.7 Å². The minimum atomic E-state index is -0.000671. The Morgan fingerprint density at radius 3 is 2.88 bits per heavy atom. The number of aromatic nitrogens is 1. The maximum Gasteiger partial charge on any atom is 0.239 e. The van der Waals surface area contributed by atoms with E-state index < -0.39 is 0 Å². The quantitative estimate of drug-likeness (QED) is 0.916. The van der Waals surface area contributed by atoms with Crippen molar-refractivity contribution in [2.24, 2.45) is 0 Å². The fraction of sp³-hybridized carbons (Fsp3) is 0.455. The molecular weight excluding hydrogens is 270 g/mol. The Morgan fingerprint density at radius 1 is 1.62 bits per heavy atom. The summed E-state index contributed by atoms with van der Waals surface area (Å²) in [5.74, 6) is 0.774. The number of carbonyl (C=O) groups excluding carboxylic acids is 1. The zero-order valence-corrected chi connectivity index (χ0v) is 11.3. The van der Waals surface area contributed by atoms with Crippen LogP contribution in [0.3, 0.4) is 0 Å². The highest BCUT2D eigenvalue weighted by molar-refractivity contribution is 9.10. The van der Waals surface area contributed by atoms with Gasteiger partial charge in [-0.05, 0) is 41.4 Å². The SMILES string of the molecule is CCNC(=O)CN(C)c1ncc(C)cc1Br. The first-order valence-electron chi connectivity index (χ1n) is 5.14. The zero-order valence-electron chi connectivity index (χ0n) is 9.75. The number of nitrogens with zero attached hydrogens (tertiary/aromatic N) is 2. The monoisotopic (exact) mass is 285 g/mol. The number of aryl methyl sites for hydroxylation is 1. The molecule has 5 heteroatoms. The summed E-state index contributed by atoms with van der Waals surface area (Å²) in [7, 11) is 1.84. The lowest BCUT2D eigenvalue weighted by atomic mass is 10.3. The van der Waals surface area contributed by atoms with E-state index in [0.29, 0.717) is 13.1 Å². The van der Waals surface area contributed by atoms with Crippen LogP contribution in [0, 0.1) is 6.92 Å². The van der Waals surface area contributed by atoms with Gasteiger partial charge in [-0.1, -0.05) is 0 Å². The molecule has 0 aliphatic heterocycles. The Hall–Kier alpha value is -1.10. The molecule has 4 nitrogen and oxygen atoms in total. The van der Waals surface area contributed by atoms with Crippen molar-refractivity contribution in [3.8, 4) is 0 Å². The molecule has 16 heavy (non-hydrogen) atoms. The third-order valence-electron chi connectivity index (χ3n) is 2.07. The average Bonchev–Trinajstić information content (AvgIpc) is 2.17. The molecule has 0 fully saturated rings. The van der Waals surface area contributed by atoms with Crippen LogP contribution in [0.1, 0.15) is 12.5 Å². The second-order valence-corrected chi connectivity index (χ2v) is 4.48. The molecule has 1 aromatic heterocycles. The maximum atomic E-state index is 11.4. The highest BCUT2D eigenvalue weighted by Gasteiger charge is 2.10. The molecule has 88 valence electrons. The Morgan fingerprint density at radius 2 is 2.31 bits per heavy atom. The van der Waals surface area contributed by atoms with Crippen molar-refractivity contribution >= 4 is 27.7 Å². The van der Waals surface area contributed by atoms with E-state index in [1.165, 1.54) is 0 Å². The van der Waals surface area contributed by atoms with E-state index in [4.69, 9.17) is 0 Å². The van der Waals surface area contributed by atoms with Gasteiger partial charge in [0.25, 0.3) is 0 Å². The van der Waals surface area contributed by atoms with Gasteiger partial charge in [0.2, 0.25) is 5.91 Å². The number of anilines is 1. The highest BCUT2D eigenvalue weighted by Crippen LogP contribution is 2.23. The molecule has 0 aliphatic rings. The first-order valence-corrected chi connectivity index (χ1v) is 5.94. The van der Waals surface area contributed by atoms with Crippen molar-refractivity contribution in [2.75, 3.05) is 25.0 Å². The van der Waals surface area contributed by atoms with E-state index in [1.807, 2.05) is 31.9 Å². The number of hydrogen-bond donors (Lipinski definition) is 1. The van der Waals surface area contributed by atoms with E-state index in [1.54, 1.807) is 6.20 Å². The molecule has 0 bridgehead atoms. The van der Waals surface area contributed by atoms with Gasteiger partial charge in [0, 0.05) is 19.8 Å². The molecule has 0 saturated carbocycles. The van der Waals surface area contributed by atoms with Crippen LogP contribution in [0.4, 0.5) is 5.82 Å². The molecule has 1 rings (SSSR count).